The molecule has 0 spiro atoms. The Kier molecular flexibility index (Phi) is 6.37. The maximum Gasteiger partial charge on any atom is 0.253 e. The van der Waals surface area contributed by atoms with Gasteiger partial charge in [0.05, 0.1) is 18.2 Å². The number of hydrogen-bond acceptors (Lipinski definition) is 7. The van der Waals surface area contributed by atoms with Crippen molar-refractivity contribution < 1.29 is 19.0 Å². The lowest BCUT2D eigenvalue weighted by Crippen LogP contribution is -2.42. The Morgan fingerprint density at radius 1 is 1.13 bits per heavy atom. The summed E-state index contributed by atoms with van der Waals surface area (Å²) in [6, 6.07) is 9.12. The predicted molar refractivity (Wildman–Crippen MR) is 114 cm³/mol. The quantitative estimate of drug-likeness (QED) is 0.587. The van der Waals surface area contributed by atoms with Crippen molar-refractivity contribution in [2.75, 3.05) is 26.9 Å². The number of nitrogens with one attached hydrogen (secondary N) is 1. The Bertz CT molecular complexity index is 1040. The molecule has 8 nitrogen and oxygen atoms in total. The molecular weight excluding hydrogens is 396 g/mol. The first-order valence-electron chi connectivity index (χ1n) is 10.1. The molecule has 1 N–H and O–H groups in total. The van der Waals surface area contributed by atoms with Gasteiger partial charge in [0.15, 0.2) is 0 Å². The first-order chi connectivity index (χ1) is 15.1. The van der Waals surface area contributed by atoms with Crippen molar-refractivity contribution >= 4 is 5.91 Å². The Labute approximate surface area is 180 Å². The molecule has 4 rings (SSSR count). The molecule has 1 aromatic carbocycles. The highest BCUT2D eigenvalue weighted by Crippen LogP contribution is 2.33. The van der Waals surface area contributed by atoms with E-state index in [4.69, 9.17) is 14.2 Å². The van der Waals surface area contributed by atoms with Gasteiger partial charge in [-0.05, 0) is 24.6 Å². The van der Waals surface area contributed by atoms with Gasteiger partial charge < -0.3 is 19.5 Å². The summed E-state index contributed by atoms with van der Waals surface area (Å²) < 4.78 is 16.3. The standard InChI is InChI=1S/C23H24N4O4/c1-15-24-12-17(13-25-15)19-4-3-5-21-20(19)10-18(14-31-21)27-23(28)16-6-7-22(26-11-16)30-9-8-29-2/h3-7,11-13,18H,8-10,14H2,1-2H3,(H,27,28)/t18-/m0/s1. The number of benzene rings is 1. The van der Waals surface area contributed by atoms with E-state index in [0.717, 1.165) is 28.3 Å². The molecule has 1 aliphatic rings. The van der Waals surface area contributed by atoms with Gasteiger partial charge in [-0.15, -0.1) is 0 Å². The molecule has 8 heteroatoms. The van der Waals surface area contributed by atoms with Gasteiger partial charge in [0.25, 0.3) is 5.91 Å². The van der Waals surface area contributed by atoms with Crippen LogP contribution in [0.15, 0.2) is 48.9 Å². The lowest BCUT2D eigenvalue weighted by Gasteiger charge is -2.28. The summed E-state index contributed by atoms with van der Waals surface area (Å²) >= 11 is 0. The molecule has 0 saturated carbocycles. The van der Waals surface area contributed by atoms with E-state index in [1.54, 1.807) is 19.2 Å². The number of amides is 1. The van der Waals surface area contributed by atoms with E-state index in [0.29, 0.717) is 37.7 Å². The number of carbonyl (C=O) groups excluding carboxylic acids is 1. The SMILES string of the molecule is COCCOc1ccc(C(=O)N[C@@H]2COc3cccc(-c4cnc(C)nc4)c3C2)cn1. The van der Waals surface area contributed by atoms with Gasteiger partial charge in [0.2, 0.25) is 5.88 Å². The van der Waals surface area contributed by atoms with Gasteiger partial charge in [0.1, 0.15) is 24.8 Å². The first kappa shape index (κ1) is 20.7. The number of carbonyl (C=O) groups is 1. The van der Waals surface area contributed by atoms with Crippen LogP contribution in [0.3, 0.4) is 0 Å². The maximum absolute atomic E-state index is 12.7. The highest BCUT2D eigenvalue weighted by atomic mass is 16.5. The Morgan fingerprint density at radius 3 is 2.71 bits per heavy atom. The number of methoxy groups -OCH3 is 1. The fraction of sp³-hybridized carbons (Fsp3) is 0.304. The summed E-state index contributed by atoms with van der Waals surface area (Å²) in [7, 11) is 1.61. The van der Waals surface area contributed by atoms with Gasteiger partial charge in [0, 0.05) is 49.3 Å². The van der Waals surface area contributed by atoms with Crippen molar-refractivity contribution in [1.82, 2.24) is 20.3 Å². The summed E-state index contributed by atoms with van der Waals surface area (Å²) in [5, 5.41) is 3.04. The first-order valence-corrected chi connectivity index (χ1v) is 10.1. The minimum absolute atomic E-state index is 0.162. The molecule has 0 saturated heterocycles. The van der Waals surface area contributed by atoms with E-state index in [2.05, 4.69) is 20.3 Å². The second-order valence-corrected chi connectivity index (χ2v) is 7.21. The third-order valence-corrected chi connectivity index (χ3v) is 4.99. The zero-order chi connectivity index (χ0) is 21.6. The van der Waals surface area contributed by atoms with Crippen LogP contribution in [0.1, 0.15) is 21.7 Å². The van der Waals surface area contributed by atoms with E-state index in [1.807, 2.05) is 37.5 Å². The molecule has 1 amide bonds. The number of rotatable bonds is 7. The summed E-state index contributed by atoms with van der Waals surface area (Å²) in [5.74, 6) is 1.79. The molecule has 0 unspecified atom stereocenters. The zero-order valence-corrected chi connectivity index (χ0v) is 17.5. The molecule has 31 heavy (non-hydrogen) atoms. The number of fused-ring (bicyclic) bond motifs is 1. The van der Waals surface area contributed by atoms with Gasteiger partial charge in [-0.2, -0.15) is 0 Å². The monoisotopic (exact) mass is 420 g/mol. The lowest BCUT2D eigenvalue weighted by molar-refractivity contribution is 0.0915. The largest absolute Gasteiger partial charge is 0.491 e. The molecular formula is C23H24N4O4. The minimum Gasteiger partial charge on any atom is -0.491 e. The number of aromatic nitrogens is 3. The van der Waals surface area contributed by atoms with Crippen molar-refractivity contribution in [1.29, 1.82) is 0 Å². The predicted octanol–water partition coefficient (Wildman–Crippen LogP) is 2.61. The highest BCUT2D eigenvalue weighted by Gasteiger charge is 2.24. The van der Waals surface area contributed by atoms with Gasteiger partial charge >= 0.3 is 0 Å². The van der Waals surface area contributed by atoms with Crippen LogP contribution in [0.5, 0.6) is 11.6 Å². The summed E-state index contributed by atoms with van der Waals surface area (Å²) in [6.45, 7) is 3.14. The van der Waals surface area contributed by atoms with Crippen molar-refractivity contribution in [3.8, 4) is 22.8 Å². The van der Waals surface area contributed by atoms with Crippen LogP contribution >= 0.6 is 0 Å². The highest BCUT2D eigenvalue weighted by molar-refractivity contribution is 5.94. The van der Waals surface area contributed by atoms with Crippen molar-refractivity contribution in [2.45, 2.75) is 19.4 Å². The fourth-order valence-corrected chi connectivity index (χ4v) is 3.40. The maximum atomic E-state index is 12.7. The fourth-order valence-electron chi connectivity index (χ4n) is 3.40. The van der Waals surface area contributed by atoms with Crippen LogP contribution in [0.25, 0.3) is 11.1 Å². The van der Waals surface area contributed by atoms with Crippen LogP contribution in [0, 0.1) is 6.92 Å². The van der Waals surface area contributed by atoms with E-state index in [1.165, 1.54) is 6.20 Å². The van der Waals surface area contributed by atoms with E-state index in [-0.39, 0.29) is 11.9 Å². The lowest BCUT2D eigenvalue weighted by atomic mass is 9.94. The normalized spacial score (nSPS) is 15.0. The van der Waals surface area contributed by atoms with E-state index >= 15 is 0 Å². The van der Waals surface area contributed by atoms with Crippen LogP contribution in [-0.2, 0) is 11.2 Å². The van der Waals surface area contributed by atoms with E-state index < -0.39 is 0 Å². The van der Waals surface area contributed by atoms with E-state index in [9.17, 15) is 4.79 Å². The number of ether oxygens (including phenoxy) is 3. The molecule has 160 valence electrons. The van der Waals surface area contributed by atoms with Crippen LogP contribution in [0.2, 0.25) is 0 Å². The molecule has 0 bridgehead atoms. The van der Waals surface area contributed by atoms with Crippen LogP contribution in [-0.4, -0.2) is 53.8 Å². The van der Waals surface area contributed by atoms with Crippen LogP contribution in [0.4, 0.5) is 0 Å². The second kappa shape index (κ2) is 9.53. The van der Waals surface area contributed by atoms with Crippen molar-refractivity contribution in [3.63, 3.8) is 0 Å². The third-order valence-electron chi connectivity index (χ3n) is 4.99. The minimum atomic E-state index is -0.204. The Hall–Kier alpha value is -3.52. The molecule has 2 aromatic heterocycles. The summed E-state index contributed by atoms with van der Waals surface area (Å²) in [4.78, 5) is 25.5. The molecule has 0 fully saturated rings. The van der Waals surface area contributed by atoms with Gasteiger partial charge in [-0.3, -0.25) is 4.79 Å². The number of pyridine rings is 1. The molecule has 3 aromatic rings. The Balaban J connectivity index is 1.44. The Morgan fingerprint density at radius 2 is 1.97 bits per heavy atom. The number of nitrogens with zero attached hydrogens (tertiary/aromatic N) is 3. The summed E-state index contributed by atoms with van der Waals surface area (Å²) in [5.41, 5.74) is 3.43. The van der Waals surface area contributed by atoms with Crippen molar-refractivity contribution in [3.05, 3.63) is 65.9 Å². The number of hydrogen-bond donors (Lipinski definition) is 1. The zero-order valence-electron chi connectivity index (χ0n) is 17.5. The smallest absolute Gasteiger partial charge is 0.253 e. The molecule has 1 aliphatic heterocycles. The molecule has 3 heterocycles. The van der Waals surface area contributed by atoms with Gasteiger partial charge in [-0.1, -0.05) is 12.1 Å². The summed E-state index contributed by atoms with van der Waals surface area (Å²) in [6.07, 6.45) is 5.77. The number of aryl methyl sites for hydroxylation is 1. The molecule has 0 radical (unpaired) electrons. The molecule has 1 atom stereocenters. The second-order valence-electron chi connectivity index (χ2n) is 7.21. The third kappa shape index (κ3) is 4.97. The van der Waals surface area contributed by atoms with Crippen molar-refractivity contribution in [2.24, 2.45) is 0 Å². The average molecular weight is 420 g/mol. The average Bonchev–Trinajstić information content (AvgIpc) is 2.80. The topological polar surface area (TPSA) is 95.5 Å². The van der Waals surface area contributed by atoms with Crippen LogP contribution < -0.4 is 14.8 Å². The van der Waals surface area contributed by atoms with Gasteiger partial charge in [-0.25, -0.2) is 15.0 Å². The molecule has 0 aliphatic carbocycles.